The van der Waals surface area contributed by atoms with E-state index in [0.29, 0.717) is 5.17 Å². The van der Waals surface area contributed by atoms with Crippen LogP contribution >= 0.6 is 11.8 Å². The van der Waals surface area contributed by atoms with Gasteiger partial charge in [0.25, 0.3) is 5.91 Å². The standard InChI is InChI=1S/C17H20N2O3S2/c1-10-4-3-5-13(11(10)2)19-14-8-24(21,22)9-15(14)23-17(19)18-16(20)12-6-7-12/h3-5,12,14-15H,6-9H2,1-2H3/t14-,15-/m0/s1. The van der Waals surface area contributed by atoms with E-state index in [-0.39, 0.29) is 34.6 Å². The van der Waals surface area contributed by atoms with Crippen LogP contribution in [0.5, 0.6) is 0 Å². The van der Waals surface area contributed by atoms with Crippen molar-refractivity contribution in [3.63, 3.8) is 0 Å². The van der Waals surface area contributed by atoms with Crippen LogP contribution < -0.4 is 4.90 Å². The lowest BCUT2D eigenvalue weighted by atomic mass is 10.1. The van der Waals surface area contributed by atoms with E-state index in [2.05, 4.69) is 4.99 Å². The van der Waals surface area contributed by atoms with Gasteiger partial charge in [-0.3, -0.25) is 4.79 Å². The van der Waals surface area contributed by atoms with Crippen molar-refractivity contribution in [1.82, 2.24) is 0 Å². The Hall–Kier alpha value is -1.34. The summed E-state index contributed by atoms with van der Waals surface area (Å²) in [6, 6.07) is 5.87. The molecule has 1 aromatic carbocycles. The fourth-order valence-corrected chi connectivity index (χ4v) is 7.27. The number of amidine groups is 1. The van der Waals surface area contributed by atoms with E-state index >= 15 is 0 Å². The Morgan fingerprint density at radius 1 is 1.25 bits per heavy atom. The highest BCUT2D eigenvalue weighted by Crippen LogP contribution is 2.43. The zero-order chi connectivity index (χ0) is 17.1. The second-order valence-corrected chi connectivity index (χ2v) is 10.3. The molecular weight excluding hydrogens is 344 g/mol. The summed E-state index contributed by atoms with van der Waals surface area (Å²) in [6.07, 6.45) is 1.84. The molecule has 0 spiro atoms. The SMILES string of the molecule is Cc1cccc(N2C(=NC(=O)C3CC3)S[C@H]3CS(=O)(=O)C[C@@H]32)c1C. The van der Waals surface area contributed by atoms with Crippen LogP contribution in [0.3, 0.4) is 0 Å². The highest BCUT2D eigenvalue weighted by atomic mass is 32.2. The second kappa shape index (κ2) is 5.59. The van der Waals surface area contributed by atoms with Crippen LogP contribution in [0.1, 0.15) is 24.0 Å². The maximum Gasteiger partial charge on any atom is 0.251 e. The van der Waals surface area contributed by atoms with Crippen LogP contribution in [-0.2, 0) is 14.6 Å². The molecule has 1 aromatic rings. The highest BCUT2D eigenvalue weighted by Gasteiger charge is 2.50. The van der Waals surface area contributed by atoms with Crippen LogP contribution in [-0.4, -0.2) is 42.3 Å². The van der Waals surface area contributed by atoms with Gasteiger partial charge in [-0.05, 0) is 43.9 Å². The number of hydrogen-bond acceptors (Lipinski definition) is 4. The molecule has 0 unspecified atom stereocenters. The smallest absolute Gasteiger partial charge is 0.251 e. The van der Waals surface area contributed by atoms with Gasteiger partial charge in [0, 0.05) is 16.9 Å². The average Bonchev–Trinajstić information content (AvgIpc) is 3.24. The van der Waals surface area contributed by atoms with E-state index in [1.165, 1.54) is 11.8 Å². The quantitative estimate of drug-likeness (QED) is 0.806. The van der Waals surface area contributed by atoms with E-state index in [4.69, 9.17) is 0 Å². The number of benzene rings is 1. The third-order valence-electron chi connectivity index (χ3n) is 5.03. The van der Waals surface area contributed by atoms with Crippen LogP contribution in [0.15, 0.2) is 23.2 Å². The maximum absolute atomic E-state index is 12.2. The van der Waals surface area contributed by atoms with E-state index in [9.17, 15) is 13.2 Å². The van der Waals surface area contributed by atoms with Gasteiger partial charge in [-0.2, -0.15) is 4.99 Å². The lowest BCUT2D eigenvalue weighted by molar-refractivity contribution is -0.118. The van der Waals surface area contributed by atoms with Crippen molar-refractivity contribution < 1.29 is 13.2 Å². The number of carbonyl (C=O) groups excluding carboxylic acids is 1. The number of sulfone groups is 1. The minimum atomic E-state index is -3.03. The molecule has 2 saturated heterocycles. The van der Waals surface area contributed by atoms with Crippen molar-refractivity contribution in [2.45, 2.75) is 38.0 Å². The monoisotopic (exact) mass is 364 g/mol. The molecule has 24 heavy (non-hydrogen) atoms. The normalized spacial score (nSPS) is 29.9. The van der Waals surface area contributed by atoms with Gasteiger partial charge in [0.15, 0.2) is 15.0 Å². The van der Waals surface area contributed by atoms with E-state index in [1.807, 2.05) is 36.9 Å². The molecule has 2 atom stereocenters. The number of aryl methyl sites for hydroxylation is 1. The van der Waals surface area contributed by atoms with Gasteiger partial charge in [0.05, 0.1) is 17.5 Å². The van der Waals surface area contributed by atoms with Crippen LogP contribution in [0.2, 0.25) is 0 Å². The fourth-order valence-electron chi connectivity index (χ4n) is 3.36. The van der Waals surface area contributed by atoms with Crippen LogP contribution in [0, 0.1) is 19.8 Å². The molecular formula is C17H20N2O3S2. The molecule has 128 valence electrons. The molecule has 3 aliphatic rings. The zero-order valence-corrected chi connectivity index (χ0v) is 15.4. The number of aliphatic imine (C=N–C) groups is 1. The Morgan fingerprint density at radius 2 is 2.00 bits per heavy atom. The summed E-state index contributed by atoms with van der Waals surface area (Å²) in [6.45, 7) is 4.07. The third-order valence-corrected chi connectivity index (χ3v) is 8.24. The Balaban J connectivity index is 1.77. The lowest BCUT2D eigenvalue weighted by Gasteiger charge is -2.26. The van der Waals surface area contributed by atoms with Gasteiger partial charge in [-0.25, -0.2) is 8.42 Å². The number of carbonyl (C=O) groups is 1. The topological polar surface area (TPSA) is 66.8 Å². The molecule has 0 bridgehead atoms. The van der Waals surface area contributed by atoms with E-state index < -0.39 is 9.84 Å². The van der Waals surface area contributed by atoms with Gasteiger partial charge < -0.3 is 4.90 Å². The first-order chi connectivity index (χ1) is 11.4. The molecule has 7 heteroatoms. The number of anilines is 1. The molecule has 5 nitrogen and oxygen atoms in total. The molecule has 0 aromatic heterocycles. The average molecular weight is 364 g/mol. The molecule has 2 aliphatic heterocycles. The van der Waals surface area contributed by atoms with Gasteiger partial charge in [0.1, 0.15) is 0 Å². The van der Waals surface area contributed by atoms with Crippen molar-refractivity contribution in [2.24, 2.45) is 10.9 Å². The number of hydrogen-bond donors (Lipinski definition) is 0. The summed E-state index contributed by atoms with van der Waals surface area (Å²) in [5.74, 6) is 0.313. The predicted octanol–water partition coefficient (Wildman–Crippen LogP) is 2.31. The van der Waals surface area contributed by atoms with Crippen molar-refractivity contribution >= 4 is 38.4 Å². The largest absolute Gasteiger partial charge is 0.315 e. The minimum absolute atomic E-state index is 0.0411. The van der Waals surface area contributed by atoms with Crippen molar-refractivity contribution in [2.75, 3.05) is 16.4 Å². The summed E-state index contributed by atoms with van der Waals surface area (Å²) in [4.78, 5) is 18.6. The zero-order valence-electron chi connectivity index (χ0n) is 13.7. The molecule has 2 heterocycles. The molecule has 0 radical (unpaired) electrons. The maximum atomic E-state index is 12.2. The second-order valence-electron chi connectivity index (χ2n) is 6.90. The Morgan fingerprint density at radius 3 is 2.71 bits per heavy atom. The van der Waals surface area contributed by atoms with Gasteiger partial charge in [0.2, 0.25) is 0 Å². The first-order valence-corrected chi connectivity index (χ1v) is 10.9. The van der Waals surface area contributed by atoms with Crippen molar-refractivity contribution in [3.8, 4) is 0 Å². The van der Waals surface area contributed by atoms with Crippen molar-refractivity contribution in [1.29, 1.82) is 0 Å². The Kier molecular flexibility index (Phi) is 3.76. The molecule has 1 saturated carbocycles. The van der Waals surface area contributed by atoms with Gasteiger partial charge in [-0.1, -0.05) is 23.9 Å². The Bertz CT molecular complexity index is 843. The third kappa shape index (κ3) is 2.77. The summed E-state index contributed by atoms with van der Waals surface area (Å²) in [5.41, 5.74) is 3.22. The molecule has 3 fully saturated rings. The van der Waals surface area contributed by atoms with E-state index in [0.717, 1.165) is 29.7 Å². The molecule has 1 amide bonds. The molecule has 0 N–H and O–H groups in total. The van der Waals surface area contributed by atoms with Crippen molar-refractivity contribution in [3.05, 3.63) is 29.3 Å². The highest BCUT2D eigenvalue weighted by molar-refractivity contribution is 8.16. The first kappa shape index (κ1) is 16.1. The minimum Gasteiger partial charge on any atom is -0.315 e. The van der Waals surface area contributed by atoms with E-state index in [1.54, 1.807) is 0 Å². The summed E-state index contributed by atoms with van der Waals surface area (Å²) in [5, 5.41) is 0.631. The van der Waals surface area contributed by atoms with Gasteiger partial charge in [-0.15, -0.1) is 0 Å². The Labute approximate surface area is 146 Å². The van der Waals surface area contributed by atoms with Crippen LogP contribution in [0.25, 0.3) is 0 Å². The fraction of sp³-hybridized carbons (Fsp3) is 0.529. The number of nitrogens with zero attached hydrogens (tertiary/aromatic N) is 2. The summed E-state index contributed by atoms with van der Waals surface area (Å²) in [7, 11) is -3.03. The predicted molar refractivity (Wildman–Crippen MR) is 97.4 cm³/mol. The number of rotatable bonds is 2. The summed E-state index contributed by atoms with van der Waals surface area (Å²) >= 11 is 1.45. The molecule has 4 rings (SSSR count). The lowest BCUT2D eigenvalue weighted by Crippen LogP contribution is -2.38. The first-order valence-electron chi connectivity index (χ1n) is 8.21. The number of thioether (sulfide) groups is 1. The van der Waals surface area contributed by atoms with Crippen LogP contribution in [0.4, 0.5) is 5.69 Å². The van der Waals surface area contributed by atoms with Gasteiger partial charge >= 0.3 is 0 Å². The number of fused-ring (bicyclic) bond motifs is 1. The summed E-state index contributed by atoms with van der Waals surface area (Å²) < 4.78 is 24.1. The molecule has 1 aliphatic carbocycles. The number of amides is 1.